The van der Waals surface area contributed by atoms with Gasteiger partial charge in [0.25, 0.3) is 5.91 Å². The van der Waals surface area contributed by atoms with Crippen molar-refractivity contribution in [1.29, 1.82) is 0 Å². The maximum Gasteiger partial charge on any atom is 0.264 e. The highest BCUT2D eigenvalue weighted by atomic mass is 16.5. The lowest BCUT2D eigenvalue weighted by molar-refractivity contribution is -0.121. The van der Waals surface area contributed by atoms with Crippen LogP contribution in [0.25, 0.3) is 0 Å². The Balaban J connectivity index is 1.83. The zero-order valence-corrected chi connectivity index (χ0v) is 14.7. The van der Waals surface area contributed by atoms with Crippen molar-refractivity contribution in [2.24, 2.45) is 0 Å². The van der Waals surface area contributed by atoms with Crippen molar-refractivity contribution in [1.82, 2.24) is 5.32 Å². The fourth-order valence-electron chi connectivity index (χ4n) is 2.45. The van der Waals surface area contributed by atoms with Gasteiger partial charge in [-0.1, -0.05) is 0 Å². The predicted octanol–water partition coefficient (Wildman–Crippen LogP) is 1.55. The van der Waals surface area contributed by atoms with E-state index in [-0.39, 0.29) is 37.0 Å². The molecule has 7 heteroatoms. The summed E-state index contributed by atoms with van der Waals surface area (Å²) < 4.78 is 10.5. The molecule has 25 heavy (non-hydrogen) atoms. The lowest BCUT2D eigenvalue weighted by Gasteiger charge is -2.26. The zero-order chi connectivity index (χ0) is 18.2. The van der Waals surface area contributed by atoms with Crippen molar-refractivity contribution < 1.29 is 23.9 Å². The van der Waals surface area contributed by atoms with Crippen LogP contribution in [0.3, 0.4) is 0 Å². The van der Waals surface area contributed by atoms with Gasteiger partial charge in [0.2, 0.25) is 5.91 Å². The Bertz CT molecular complexity index is 644. The molecule has 0 atom stereocenters. The van der Waals surface area contributed by atoms with E-state index in [4.69, 9.17) is 9.47 Å². The van der Waals surface area contributed by atoms with Gasteiger partial charge in [-0.15, -0.1) is 0 Å². The van der Waals surface area contributed by atoms with E-state index in [1.165, 1.54) is 4.90 Å². The summed E-state index contributed by atoms with van der Waals surface area (Å²) in [4.78, 5) is 37.2. The van der Waals surface area contributed by atoms with Crippen LogP contribution in [0.5, 0.6) is 5.75 Å². The molecule has 0 aromatic heterocycles. The number of benzene rings is 1. The highest BCUT2D eigenvalue weighted by Gasteiger charge is 2.23. The van der Waals surface area contributed by atoms with E-state index >= 15 is 0 Å². The first-order valence-electron chi connectivity index (χ1n) is 8.44. The second kappa shape index (κ2) is 9.17. The van der Waals surface area contributed by atoms with E-state index in [1.54, 1.807) is 25.2 Å². The SMILES string of the molecule is CCOCCCNC(=O)CCC(=O)c1ccc2c(c1)N(C)C(=O)CO2. The minimum atomic E-state index is -0.163. The Morgan fingerprint density at radius 2 is 2.12 bits per heavy atom. The van der Waals surface area contributed by atoms with Crippen LogP contribution in [0, 0.1) is 0 Å². The van der Waals surface area contributed by atoms with Crippen molar-refractivity contribution in [2.45, 2.75) is 26.2 Å². The van der Waals surface area contributed by atoms with Crippen LogP contribution < -0.4 is 15.0 Å². The Morgan fingerprint density at radius 1 is 1.32 bits per heavy atom. The molecule has 0 saturated carbocycles. The first-order valence-corrected chi connectivity index (χ1v) is 8.44. The number of Topliss-reactive ketones (excluding diaryl/α,β-unsaturated/α-hetero) is 1. The fourth-order valence-corrected chi connectivity index (χ4v) is 2.45. The molecule has 0 bridgehead atoms. The molecule has 1 N–H and O–H groups in total. The van der Waals surface area contributed by atoms with Gasteiger partial charge >= 0.3 is 0 Å². The number of ether oxygens (including phenoxy) is 2. The lowest BCUT2D eigenvalue weighted by atomic mass is 10.0. The van der Waals surface area contributed by atoms with Gasteiger partial charge in [0, 0.05) is 45.2 Å². The Kier molecular flexibility index (Phi) is 6.94. The number of carbonyl (C=O) groups excluding carboxylic acids is 3. The summed E-state index contributed by atoms with van der Waals surface area (Å²) in [5.41, 5.74) is 1.04. The van der Waals surface area contributed by atoms with Gasteiger partial charge in [-0.25, -0.2) is 0 Å². The number of anilines is 1. The topological polar surface area (TPSA) is 84.9 Å². The first kappa shape index (κ1) is 18.9. The summed E-state index contributed by atoms with van der Waals surface area (Å²) >= 11 is 0. The number of fused-ring (bicyclic) bond motifs is 1. The lowest BCUT2D eigenvalue weighted by Crippen LogP contribution is -2.35. The monoisotopic (exact) mass is 348 g/mol. The summed E-state index contributed by atoms with van der Waals surface area (Å²) in [6.45, 7) is 3.73. The smallest absolute Gasteiger partial charge is 0.264 e. The molecule has 1 aromatic carbocycles. The normalized spacial score (nSPS) is 13.2. The van der Waals surface area contributed by atoms with Gasteiger partial charge < -0.3 is 19.7 Å². The van der Waals surface area contributed by atoms with Crippen molar-refractivity contribution in [2.75, 3.05) is 38.3 Å². The maximum absolute atomic E-state index is 12.3. The largest absolute Gasteiger partial charge is 0.482 e. The molecule has 2 rings (SSSR count). The van der Waals surface area contributed by atoms with Crippen LogP contribution in [-0.2, 0) is 14.3 Å². The molecule has 136 valence electrons. The average Bonchev–Trinajstić information content (AvgIpc) is 2.62. The Hall–Kier alpha value is -2.41. The second-order valence-electron chi connectivity index (χ2n) is 5.75. The summed E-state index contributed by atoms with van der Waals surface area (Å²) in [6, 6.07) is 4.97. The van der Waals surface area contributed by atoms with Crippen molar-refractivity contribution in [3.05, 3.63) is 23.8 Å². The van der Waals surface area contributed by atoms with Crippen LogP contribution in [0.15, 0.2) is 18.2 Å². The molecule has 0 spiro atoms. The van der Waals surface area contributed by atoms with Gasteiger partial charge in [0.15, 0.2) is 12.4 Å². The van der Waals surface area contributed by atoms with E-state index in [0.29, 0.717) is 36.8 Å². The summed E-state index contributed by atoms with van der Waals surface area (Å²) in [7, 11) is 1.65. The summed E-state index contributed by atoms with van der Waals surface area (Å²) in [6.07, 6.45) is 1.00. The minimum absolute atomic E-state index is 0.000258. The molecule has 0 unspecified atom stereocenters. The summed E-state index contributed by atoms with van der Waals surface area (Å²) in [5, 5.41) is 2.77. The highest BCUT2D eigenvalue weighted by Crippen LogP contribution is 2.32. The van der Waals surface area contributed by atoms with Gasteiger partial charge in [0.05, 0.1) is 5.69 Å². The standard InChI is InChI=1S/C18H24N2O5/c1-3-24-10-4-9-19-17(22)8-6-15(21)13-5-7-16-14(11-13)20(2)18(23)12-25-16/h5,7,11H,3-4,6,8-10,12H2,1-2H3,(H,19,22). The van der Waals surface area contributed by atoms with Crippen LogP contribution in [0.4, 0.5) is 5.69 Å². The molecule has 0 aliphatic carbocycles. The molecule has 1 aliphatic rings. The number of likely N-dealkylation sites (N-methyl/N-ethyl adjacent to an activating group) is 1. The van der Waals surface area contributed by atoms with Crippen LogP contribution >= 0.6 is 0 Å². The Morgan fingerprint density at radius 3 is 2.88 bits per heavy atom. The molecule has 2 amide bonds. The average molecular weight is 348 g/mol. The number of amides is 2. The number of hydrogen-bond donors (Lipinski definition) is 1. The van der Waals surface area contributed by atoms with Gasteiger partial charge in [-0.3, -0.25) is 14.4 Å². The molecule has 1 aromatic rings. The van der Waals surface area contributed by atoms with Crippen LogP contribution in [0.1, 0.15) is 36.5 Å². The molecule has 7 nitrogen and oxygen atoms in total. The van der Waals surface area contributed by atoms with Gasteiger partial charge in [-0.05, 0) is 31.5 Å². The third kappa shape index (κ3) is 5.29. The molecule has 0 fully saturated rings. The van der Waals surface area contributed by atoms with Crippen molar-refractivity contribution >= 4 is 23.3 Å². The molecule has 1 aliphatic heterocycles. The molecular weight excluding hydrogens is 324 g/mol. The molecule has 1 heterocycles. The van der Waals surface area contributed by atoms with E-state index < -0.39 is 0 Å². The fraction of sp³-hybridized carbons (Fsp3) is 0.500. The number of ketones is 1. The van der Waals surface area contributed by atoms with E-state index in [2.05, 4.69) is 5.32 Å². The van der Waals surface area contributed by atoms with E-state index in [9.17, 15) is 14.4 Å². The van der Waals surface area contributed by atoms with Gasteiger partial charge in [0.1, 0.15) is 5.75 Å². The zero-order valence-electron chi connectivity index (χ0n) is 14.7. The van der Waals surface area contributed by atoms with Crippen molar-refractivity contribution in [3.8, 4) is 5.75 Å². The minimum Gasteiger partial charge on any atom is -0.482 e. The van der Waals surface area contributed by atoms with Gasteiger partial charge in [-0.2, -0.15) is 0 Å². The number of nitrogens with zero attached hydrogens (tertiary/aromatic N) is 1. The van der Waals surface area contributed by atoms with Crippen LogP contribution in [-0.4, -0.2) is 51.0 Å². The van der Waals surface area contributed by atoms with Crippen molar-refractivity contribution in [3.63, 3.8) is 0 Å². The molecule has 0 radical (unpaired) electrons. The number of rotatable bonds is 9. The third-order valence-electron chi connectivity index (χ3n) is 3.94. The predicted molar refractivity (Wildman–Crippen MR) is 93.0 cm³/mol. The van der Waals surface area contributed by atoms with E-state index in [1.807, 2.05) is 6.92 Å². The number of hydrogen-bond acceptors (Lipinski definition) is 5. The number of carbonyl (C=O) groups is 3. The molecular formula is C18H24N2O5. The first-order chi connectivity index (χ1) is 12.0. The number of nitrogens with one attached hydrogen (secondary N) is 1. The quantitative estimate of drug-likeness (QED) is 0.541. The second-order valence-corrected chi connectivity index (χ2v) is 5.75. The maximum atomic E-state index is 12.3. The summed E-state index contributed by atoms with van der Waals surface area (Å²) in [5.74, 6) is 0.117. The van der Waals surface area contributed by atoms with E-state index in [0.717, 1.165) is 6.42 Å². The molecule has 0 saturated heterocycles. The third-order valence-corrected chi connectivity index (χ3v) is 3.94. The Labute approximate surface area is 147 Å². The van der Waals surface area contributed by atoms with Crippen LogP contribution in [0.2, 0.25) is 0 Å². The highest BCUT2D eigenvalue weighted by molar-refractivity contribution is 6.02.